The normalized spacial score (nSPS) is 13.5. The van der Waals surface area contributed by atoms with E-state index in [0.717, 1.165) is 39.5 Å². The van der Waals surface area contributed by atoms with Crippen molar-refractivity contribution in [2.45, 2.75) is 45.2 Å². The highest BCUT2D eigenvalue weighted by molar-refractivity contribution is 9.10. The zero-order valence-corrected chi connectivity index (χ0v) is 18.2. The largest absolute Gasteiger partial charge is 0.341 e. The molecule has 28 heavy (non-hydrogen) atoms. The summed E-state index contributed by atoms with van der Waals surface area (Å²) in [6.45, 7) is 0.885. The van der Waals surface area contributed by atoms with E-state index in [9.17, 15) is 9.59 Å². The van der Waals surface area contributed by atoms with Crippen molar-refractivity contribution in [3.63, 3.8) is 0 Å². The molecule has 1 aliphatic rings. The van der Waals surface area contributed by atoms with Crippen LogP contribution in [0, 0.1) is 0 Å². The Morgan fingerprint density at radius 2 is 2.07 bits per heavy atom. The van der Waals surface area contributed by atoms with Crippen LogP contribution in [0.1, 0.15) is 35.3 Å². The summed E-state index contributed by atoms with van der Waals surface area (Å²) in [5, 5.41) is 0.774. The lowest BCUT2D eigenvalue weighted by Gasteiger charge is -2.18. The number of amides is 1. The highest BCUT2D eigenvalue weighted by atomic mass is 79.9. The van der Waals surface area contributed by atoms with Gasteiger partial charge in [-0.3, -0.25) is 14.2 Å². The van der Waals surface area contributed by atoms with Gasteiger partial charge in [0.1, 0.15) is 4.83 Å². The van der Waals surface area contributed by atoms with E-state index >= 15 is 0 Å². The molecule has 1 aliphatic carbocycles. The van der Waals surface area contributed by atoms with Crippen LogP contribution in [-0.4, -0.2) is 27.4 Å². The number of hydrogen-bond acceptors (Lipinski definition) is 4. The number of carbonyl (C=O) groups is 1. The molecule has 2 heterocycles. The fourth-order valence-electron chi connectivity index (χ4n) is 3.72. The number of benzene rings is 1. The molecule has 0 aliphatic heterocycles. The first-order valence-corrected chi connectivity index (χ1v) is 11.1. The van der Waals surface area contributed by atoms with Crippen molar-refractivity contribution in [2.24, 2.45) is 0 Å². The number of carbonyl (C=O) groups excluding carboxylic acids is 1. The lowest BCUT2D eigenvalue weighted by Crippen LogP contribution is -2.29. The first kappa shape index (κ1) is 19.3. The van der Waals surface area contributed by atoms with E-state index in [2.05, 4.69) is 20.9 Å². The van der Waals surface area contributed by atoms with Gasteiger partial charge < -0.3 is 4.90 Å². The van der Waals surface area contributed by atoms with Crippen LogP contribution in [0.2, 0.25) is 0 Å². The van der Waals surface area contributed by atoms with E-state index in [1.807, 2.05) is 24.3 Å². The number of thiophene rings is 1. The van der Waals surface area contributed by atoms with Gasteiger partial charge in [-0.05, 0) is 42.9 Å². The summed E-state index contributed by atoms with van der Waals surface area (Å²) in [7, 11) is 1.79. The minimum Gasteiger partial charge on any atom is -0.341 e. The van der Waals surface area contributed by atoms with Gasteiger partial charge in [0, 0.05) is 35.9 Å². The number of halogens is 1. The van der Waals surface area contributed by atoms with E-state index < -0.39 is 0 Å². The summed E-state index contributed by atoms with van der Waals surface area (Å²) in [4.78, 5) is 33.9. The van der Waals surface area contributed by atoms with Crippen LogP contribution in [-0.2, 0) is 30.7 Å². The van der Waals surface area contributed by atoms with E-state index in [4.69, 9.17) is 0 Å². The quantitative estimate of drug-likeness (QED) is 0.575. The van der Waals surface area contributed by atoms with Gasteiger partial charge in [-0.25, -0.2) is 4.98 Å². The van der Waals surface area contributed by atoms with Crippen molar-refractivity contribution in [3.05, 3.63) is 61.4 Å². The third-order valence-corrected chi connectivity index (χ3v) is 7.27. The molecular formula is C21H22BrN3O2S. The molecule has 1 aromatic carbocycles. The maximum atomic E-state index is 13.0. The monoisotopic (exact) mass is 459 g/mol. The maximum absolute atomic E-state index is 13.0. The van der Waals surface area contributed by atoms with Crippen LogP contribution >= 0.6 is 27.3 Å². The van der Waals surface area contributed by atoms with Gasteiger partial charge in [0.05, 0.1) is 11.7 Å². The number of fused-ring (bicyclic) bond motifs is 3. The number of hydrogen-bond donors (Lipinski definition) is 0. The van der Waals surface area contributed by atoms with Crippen molar-refractivity contribution < 1.29 is 4.79 Å². The third kappa shape index (κ3) is 3.78. The molecule has 0 fully saturated rings. The Kier molecular flexibility index (Phi) is 5.64. The summed E-state index contributed by atoms with van der Waals surface area (Å²) < 4.78 is 2.58. The Balaban J connectivity index is 1.48. The van der Waals surface area contributed by atoms with Crippen molar-refractivity contribution in [3.8, 4) is 0 Å². The average Bonchev–Trinajstić information content (AvgIpc) is 3.08. The Morgan fingerprint density at radius 3 is 2.89 bits per heavy atom. The van der Waals surface area contributed by atoms with Crippen LogP contribution in [0.5, 0.6) is 0 Å². The third-order valence-electron chi connectivity index (χ3n) is 5.30. The molecule has 0 N–H and O–H groups in total. The topological polar surface area (TPSA) is 55.2 Å². The average molecular weight is 460 g/mol. The molecule has 0 spiro atoms. The van der Waals surface area contributed by atoms with Gasteiger partial charge in [-0.2, -0.15) is 0 Å². The standard InChI is InChI=1S/C21H22BrN3O2S/c1-24(12-14-6-2-4-8-16(14)22)18(26)10-11-25-13-23-20-19(21(25)27)15-7-3-5-9-17(15)28-20/h2,4,6,8,13H,3,5,7,9-12H2,1H3. The Bertz CT molecular complexity index is 1090. The van der Waals surface area contributed by atoms with Crippen molar-refractivity contribution >= 4 is 43.4 Å². The molecule has 4 rings (SSSR count). The van der Waals surface area contributed by atoms with Crippen LogP contribution in [0.15, 0.2) is 39.9 Å². The lowest BCUT2D eigenvalue weighted by molar-refractivity contribution is -0.130. The Morgan fingerprint density at radius 1 is 1.29 bits per heavy atom. The lowest BCUT2D eigenvalue weighted by atomic mass is 9.97. The van der Waals surface area contributed by atoms with E-state index in [0.29, 0.717) is 13.1 Å². The highest BCUT2D eigenvalue weighted by Crippen LogP contribution is 2.33. The van der Waals surface area contributed by atoms with E-state index in [1.54, 1.807) is 34.2 Å². The Hall–Kier alpha value is -1.99. The van der Waals surface area contributed by atoms with Gasteiger partial charge in [-0.15, -0.1) is 11.3 Å². The molecule has 1 amide bonds. The minimum absolute atomic E-state index is 0.00865. The molecule has 0 radical (unpaired) electrons. The van der Waals surface area contributed by atoms with Crippen LogP contribution < -0.4 is 5.56 Å². The maximum Gasteiger partial charge on any atom is 0.262 e. The van der Waals surface area contributed by atoms with Crippen LogP contribution in [0.25, 0.3) is 10.2 Å². The number of aromatic nitrogens is 2. The number of rotatable bonds is 5. The fraction of sp³-hybridized carbons (Fsp3) is 0.381. The predicted molar refractivity (Wildman–Crippen MR) is 116 cm³/mol. The second-order valence-electron chi connectivity index (χ2n) is 7.23. The highest BCUT2D eigenvalue weighted by Gasteiger charge is 2.20. The van der Waals surface area contributed by atoms with Gasteiger partial charge in [0.2, 0.25) is 5.91 Å². The first-order valence-electron chi connectivity index (χ1n) is 9.51. The van der Waals surface area contributed by atoms with E-state index in [-0.39, 0.29) is 17.9 Å². The molecule has 146 valence electrons. The fourth-order valence-corrected chi connectivity index (χ4v) is 5.35. The number of aryl methyl sites for hydroxylation is 3. The van der Waals surface area contributed by atoms with E-state index in [1.165, 1.54) is 16.9 Å². The molecule has 0 saturated carbocycles. The molecule has 0 bridgehead atoms. The van der Waals surface area contributed by atoms with Crippen molar-refractivity contribution in [1.29, 1.82) is 0 Å². The summed E-state index contributed by atoms with van der Waals surface area (Å²) in [5.74, 6) is 0.00935. The second-order valence-corrected chi connectivity index (χ2v) is 9.16. The van der Waals surface area contributed by atoms with Gasteiger partial charge in [0.25, 0.3) is 5.56 Å². The number of nitrogens with zero attached hydrogens (tertiary/aromatic N) is 3. The molecular weight excluding hydrogens is 438 g/mol. The van der Waals surface area contributed by atoms with Gasteiger partial charge in [-0.1, -0.05) is 34.1 Å². The van der Waals surface area contributed by atoms with Gasteiger partial charge in [0.15, 0.2) is 0 Å². The Labute approximate surface area is 176 Å². The zero-order chi connectivity index (χ0) is 19.7. The zero-order valence-electron chi connectivity index (χ0n) is 15.8. The summed E-state index contributed by atoms with van der Waals surface area (Å²) in [6.07, 6.45) is 6.20. The molecule has 0 saturated heterocycles. The molecule has 0 unspecified atom stereocenters. The summed E-state index contributed by atoms with van der Waals surface area (Å²) >= 11 is 5.17. The molecule has 0 atom stereocenters. The minimum atomic E-state index is -0.00865. The molecule has 7 heteroatoms. The van der Waals surface area contributed by atoms with Gasteiger partial charge >= 0.3 is 0 Å². The van der Waals surface area contributed by atoms with Crippen LogP contribution in [0.4, 0.5) is 0 Å². The van der Waals surface area contributed by atoms with Crippen LogP contribution in [0.3, 0.4) is 0 Å². The second kappa shape index (κ2) is 8.17. The molecule has 5 nitrogen and oxygen atoms in total. The molecule has 3 aromatic rings. The van der Waals surface area contributed by atoms with Crippen molar-refractivity contribution in [2.75, 3.05) is 7.05 Å². The summed E-state index contributed by atoms with van der Waals surface area (Å²) in [6, 6.07) is 7.88. The predicted octanol–water partition coefficient (Wildman–Crippen LogP) is 4.15. The SMILES string of the molecule is CN(Cc1ccccc1Br)C(=O)CCn1cnc2sc3c(c2c1=O)CCCC3. The van der Waals surface area contributed by atoms with Crippen molar-refractivity contribution in [1.82, 2.24) is 14.5 Å². The smallest absolute Gasteiger partial charge is 0.262 e. The molecule has 2 aromatic heterocycles. The summed E-state index contributed by atoms with van der Waals surface area (Å²) in [5.41, 5.74) is 2.24. The first-order chi connectivity index (χ1) is 13.5.